The van der Waals surface area contributed by atoms with Gasteiger partial charge in [-0.2, -0.15) is 0 Å². The van der Waals surface area contributed by atoms with Crippen LogP contribution in [0.2, 0.25) is 0 Å². The van der Waals surface area contributed by atoms with Crippen LogP contribution in [0.1, 0.15) is 27.7 Å². The van der Waals surface area contributed by atoms with E-state index in [1.165, 1.54) is 0 Å². The monoisotopic (exact) mass is 270 g/mol. The van der Waals surface area contributed by atoms with Gasteiger partial charge in [-0.05, 0) is 51.7 Å². The molecule has 0 saturated heterocycles. The van der Waals surface area contributed by atoms with E-state index in [0.717, 1.165) is 0 Å². The quantitative estimate of drug-likeness (QED) is 0.589. The van der Waals surface area contributed by atoms with E-state index in [4.69, 9.17) is 33.1 Å². The minimum absolute atomic E-state index is 0.00161. The van der Waals surface area contributed by atoms with Gasteiger partial charge in [0.2, 0.25) is 0 Å². The highest BCUT2D eigenvalue weighted by Crippen LogP contribution is 2.46. The molecular formula is C8H19N2O2PS2. The van der Waals surface area contributed by atoms with Gasteiger partial charge >= 0.3 is 0 Å². The van der Waals surface area contributed by atoms with Crippen LogP contribution in [0.15, 0.2) is 0 Å². The molecule has 4 nitrogen and oxygen atoms in total. The molecule has 0 rings (SSSR count). The van der Waals surface area contributed by atoms with Crippen LogP contribution < -0.4 is 10.4 Å². The lowest BCUT2D eigenvalue weighted by atomic mass is 10.5. The minimum atomic E-state index is -2.52. The maximum Gasteiger partial charge on any atom is 0.289 e. The Balaban J connectivity index is 4.55. The summed E-state index contributed by atoms with van der Waals surface area (Å²) < 4.78 is 11.2. The smallest absolute Gasteiger partial charge is 0.289 e. The Bertz CT molecular complexity index is 245. The maximum absolute atomic E-state index is 5.59. The summed E-state index contributed by atoms with van der Waals surface area (Å²) in [6, 6.07) is 0. The zero-order chi connectivity index (χ0) is 12.1. The molecule has 90 valence electrons. The summed E-state index contributed by atoms with van der Waals surface area (Å²) in [5.41, 5.74) is 0. The van der Waals surface area contributed by atoms with E-state index in [1.807, 2.05) is 27.7 Å². The van der Waals surface area contributed by atoms with Crippen LogP contribution in [-0.2, 0) is 20.9 Å². The van der Waals surface area contributed by atoms with Gasteiger partial charge < -0.3 is 14.4 Å². The average molecular weight is 270 g/mol. The van der Waals surface area contributed by atoms with E-state index < -0.39 is 6.64 Å². The van der Waals surface area contributed by atoms with Crippen molar-refractivity contribution in [2.45, 2.75) is 39.9 Å². The second kappa shape index (κ2) is 6.76. The number of rotatable bonds is 5. The second-order valence-electron chi connectivity index (χ2n) is 3.50. The summed E-state index contributed by atoms with van der Waals surface area (Å²) in [4.78, 5) is 0. The number of hydrogen-bond acceptors (Lipinski definition) is 4. The molecule has 0 aromatic heterocycles. The fourth-order valence-electron chi connectivity index (χ4n) is 0.813. The van der Waals surface area contributed by atoms with Gasteiger partial charge in [-0.1, -0.05) is 0 Å². The fourth-order valence-corrected chi connectivity index (χ4v) is 4.28. The average Bonchev–Trinajstić information content (AvgIpc) is 1.99. The lowest BCUT2D eigenvalue weighted by Gasteiger charge is -2.27. The molecule has 0 unspecified atom stereocenters. The third-order valence-electron chi connectivity index (χ3n) is 1.16. The third kappa shape index (κ3) is 7.19. The predicted octanol–water partition coefficient (Wildman–Crippen LogP) is 2.15. The highest BCUT2D eigenvalue weighted by Gasteiger charge is 2.23. The lowest BCUT2D eigenvalue weighted by Crippen LogP contribution is -2.32. The first kappa shape index (κ1) is 15.3. The van der Waals surface area contributed by atoms with Crippen molar-refractivity contribution in [2.24, 2.45) is 0 Å². The molecule has 0 aliphatic carbocycles. The van der Waals surface area contributed by atoms with Gasteiger partial charge in [0.25, 0.3) is 6.64 Å². The van der Waals surface area contributed by atoms with Gasteiger partial charge in [0.15, 0.2) is 5.11 Å². The molecule has 0 heterocycles. The first-order chi connectivity index (χ1) is 6.79. The first-order valence-corrected chi connectivity index (χ1v) is 7.80. The zero-order valence-corrected chi connectivity index (χ0v) is 12.3. The summed E-state index contributed by atoms with van der Waals surface area (Å²) in [5, 5.41) is 6.14. The van der Waals surface area contributed by atoms with Crippen LogP contribution >= 0.6 is 18.9 Å². The molecule has 0 aliphatic heterocycles. The molecule has 0 bridgehead atoms. The number of thiocarbonyl (C=S) groups is 1. The largest absolute Gasteiger partial charge is 0.365 e. The molecule has 2 N–H and O–H groups in total. The molecule has 0 saturated carbocycles. The van der Waals surface area contributed by atoms with Crippen LogP contribution in [0.4, 0.5) is 0 Å². The van der Waals surface area contributed by atoms with Crippen molar-refractivity contribution in [3.8, 4) is 0 Å². The summed E-state index contributed by atoms with van der Waals surface area (Å²) in [6.07, 6.45) is 0.00322. The van der Waals surface area contributed by atoms with Crippen molar-refractivity contribution in [3.05, 3.63) is 0 Å². The Morgan fingerprint density at radius 1 is 1.13 bits per heavy atom. The van der Waals surface area contributed by atoms with Crippen LogP contribution in [0, 0.1) is 0 Å². The Morgan fingerprint density at radius 3 is 1.80 bits per heavy atom. The fraction of sp³-hybridized carbons (Fsp3) is 0.875. The Kier molecular flexibility index (Phi) is 6.88. The first-order valence-electron chi connectivity index (χ1n) is 4.76. The molecule has 0 aromatic carbocycles. The van der Waals surface area contributed by atoms with Gasteiger partial charge in [-0.15, -0.1) is 0 Å². The van der Waals surface area contributed by atoms with E-state index in [1.54, 1.807) is 7.05 Å². The zero-order valence-electron chi connectivity index (χ0n) is 9.73. The van der Waals surface area contributed by atoms with Crippen LogP contribution in [0.5, 0.6) is 0 Å². The molecule has 0 fully saturated rings. The van der Waals surface area contributed by atoms with Crippen LogP contribution in [0.3, 0.4) is 0 Å². The van der Waals surface area contributed by atoms with E-state index in [9.17, 15) is 0 Å². The number of nitrogens with one attached hydrogen (secondary N) is 2. The standard InChI is InChI=1S/C8H19N2O2PS2/c1-6(2)11-13(15,12-7(3)4)10-8(14)9-5/h6-7H,1-5H3,(H2,9,10,14,15). The summed E-state index contributed by atoms with van der Waals surface area (Å²) in [7, 11) is 1.72. The van der Waals surface area contributed by atoms with Crippen molar-refractivity contribution < 1.29 is 9.05 Å². The predicted molar refractivity (Wildman–Crippen MR) is 71.5 cm³/mol. The topological polar surface area (TPSA) is 42.5 Å². The molecule has 0 aromatic rings. The maximum atomic E-state index is 5.59. The van der Waals surface area contributed by atoms with Crippen LogP contribution in [0.25, 0.3) is 0 Å². The minimum Gasteiger partial charge on any atom is -0.365 e. The highest BCUT2D eigenvalue weighted by atomic mass is 32.5. The van der Waals surface area contributed by atoms with Crippen molar-refractivity contribution in [1.29, 1.82) is 0 Å². The van der Waals surface area contributed by atoms with E-state index >= 15 is 0 Å². The summed E-state index contributed by atoms with van der Waals surface area (Å²) in [6.45, 7) is 5.12. The van der Waals surface area contributed by atoms with Crippen molar-refractivity contribution in [3.63, 3.8) is 0 Å². The molecule has 0 spiro atoms. The van der Waals surface area contributed by atoms with Gasteiger partial charge in [0.1, 0.15) is 0 Å². The number of hydrogen-bond donors (Lipinski definition) is 2. The molecule has 15 heavy (non-hydrogen) atoms. The SMILES string of the molecule is CNC(=S)NP(=S)(OC(C)C)OC(C)C. The van der Waals surface area contributed by atoms with Gasteiger partial charge in [-0.25, -0.2) is 0 Å². The van der Waals surface area contributed by atoms with Gasteiger partial charge in [0.05, 0.1) is 12.2 Å². The van der Waals surface area contributed by atoms with Crippen LogP contribution in [-0.4, -0.2) is 24.4 Å². The van der Waals surface area contributed by atoms with E-state index in [-0.39, 0.29) is 12.2 Å². The van der Waals surface area contributed by atoms with E-state index in [2.05, 4.69) is 10.4 Å². The molecule has 0 atom stereocenters. The van der Waals surface area contributed by atoms with Gasteiger partial charge in [0, 0.05) is 7.05 Å². The molecule has 7 heteroatoms. The lowest BCUT2D eigenvalue weighted by molar-refractivity contribution is 0.172. The molecule has 0 amide bonds. The van der Waals surface area contributed by atoms with E-state index in [0.29, 0.717) is 5.11 Å². The normalized spacial score (nSPS) is 11.9. The van der Waals surface area contributed by atoms with Crippen molar-refractivity contribution in [1.82, 2.24) is 10.4 Å². The molecule has 0 radical (unpaired) electrons. The molecular weight excluding hydrogens is 251 g/mol. The third-order valence-corrected chi connectivity index (χ3v) is 4.31. The Morgan fingerprint density at radius 2 is 1.53 bits per heavy atom. The van der Waals surface area contributed by atoms with Crippen molar-refractivity contribution >= 4 is 35.8 Å². The van der Waals surface area contributed by atoms with Crippen molar-refractivity contribution in [2.75, 3.05) is 7.05 Å². The highest BCUT2D eigenvalue weighted by molar-refractivity contribution is 8.09. The summed E-state index contributed by atoms with van der Waals surface area (Å²) in [5.74, 6) is 0. The Labute approximate surface area is 102 Å². The second-order valence-corrected chi connectivity index (χ2v) is 6.99. The molecule has 0 aliphatic rings. The Hall–Kier alpha value is 0.260. The van der Waals surface area contributed by atoms with Gasteiger partial charge in [-0.3, -0.25) is 5.09 Å². The summed E-state index contributed by atoms with van der Waals surface area (Å²) >= 11 is 10.3.